The molecule has 0 spiro atoms. The largest absolute Gasteiger partial charge is 0.396 e. The van der Waals surface area contributed by atoms with Crippen molar-refractivity contribution in [3.63, 3.8) is 0 Å². The van der Waals surface area contributed by atoms with E-state index in [0.717, 1.165) is 51.9 Å². The normalized spacial score (nSPS) is 13.7. The average Bonchev–Trinajstić information content (AvgIpc) is 3.53. The van der Waals surface area contributed by atoms with Crippen molar-refractivity contribution in [1.29, 1.82) is 0 Å². The maximum atomic E-state index is 13.8. The molecule has 3 aromatic heterocycles. The summed E-state index contributed by atoms with van der Waals surface area (Å²) >= 11 is 0. The standard InChI is InChI=1S/C27H21F3N4O/c1-13-32-26-22(33(13)2)12-17(14-5-6-14)23(25(26)31)16-4-3-9-34-20(16)7-8-21(34)27(35)15-10-18(28)24(30)19(29)11-15/h3-4,7-12,14H,5-6,31H2,1-2H3. The highest BCUT2D eigenvalue weighted by Gasteiger charge is 2.30. The molecule has 0 bridgehead atoms. The minimum Gasteiger partial charge on any atom is -0.396 e. The van der Waals surface area contributed by atoms with Gasteiger partial charge in [-0.05, 0) is 67.6 Å². The molecule has 0 unspecified atom stereocenters. The monoisotopic (exact) mass is 474 g/mol. The number of hydrogen-bond acceptors (Lipinski definition) is 3. The molecular weight excluding hydrogens is 453 g/mol. The second-order valence-electron chi connectivity index (χ2n) is 9.09. The van der Waals surface area contributed by atoms with Crippen molar-refractivity contribution in [2.45, 2.75) is 25.7 Å². The van der Waals surface area contributed by atoms with Crippen LogP contribution in [-0.4, -0.2) is 19.7 Å². The third kappa shape index (κ3) is 3.16. The lowest BCUT2D eigenvalue weighted by Gasteiger charge is -2.15. The highest BCUT2D eigenvalue weighted by Crippen LogP contribution is 2.49. The second kappa shape index (κ2) is 7.46. The fourth-order valence-corrected chi connectivity index (χ4v) is 4.87. The number of nitrogens with two attached hydrogens (primary N) is 1. The van der Waals surface area contributed by atoms with Gasteiger partial charge in [-0.15, -0.1) is 0 Å². The fraction of sp³-hybridized carbons (Fsp3) is 0.185. The molecule has 5 nitrogen and oxygen atoms in total. The SMILES string of the molecule is Cc1nc2c(N)c(-c3cccn4c(C(=O)c5cc(F)c(F)c(F)c5)ccc34)c(C3CC3)cc2n1C. The Kier molecular flexibility index (Phi) is 4.58. The van der Waals surface area contributed by atoms with E-state index < -0.39 is 23.2 Å². The molecule has 1 aliphatic carbocycles. The zero-order valence-electron chi connectivity index (χ0n) is 19.1. The number of aryl methyl sites for hydroxylation is 2. The van der Waals surface area contributed by atoms with Gasteiger partial charge in [0.1, 0.15) is 11.3 Å². The van der Waals surface area contributed by atoms with Crippen LogP contribution in [-0.2, 0) is 7.05 Å². The van der Waals surface area contributed by atoms with E-state index in [-0.39, 0.29) is 11.3 Å². The van der Waals surface area contributed by atoms with E-state index in [1.807, 2.05) is 24.6 Å². The Balaban J connectivity index is 1.56. The first-order chi connectivity index (χ1) is 16.8. The molecule has 3 heterocycles. The molecule has 0 aliphatic heterocycles. The van der Waals surface area contributed by atoms with E-state index >= 15 is 0 Å². The lowest BCUT2D eigenvalue weighted by atomic mass is 9.93. The van der Waals surface area contributed by atoms with Crippen molar-refractivity contribution < 1.29 is 18.0 Å². The van der Waals surface area contributed by atoms with E-state index in [4.69, 9.17) is 5.73 Å². The van der Waals surface area contributed by atoms with Crippen LogP contribution in [0.2, 0.25) is 0 Å². The van der Waals surface area contributed by atoms with Crippen LogP contribution < -0.4 is 5.73 Å². The van der Waals surface area contributed by atoms with Crippen molar-refractivity contribution in [1.82, 2.24) is 14.0 Å². The summed E-state index contributed by atoms with van der Waals surface area (Å²) in [4.78, 5) is 17.8. The van der Waals surface area contributed by atoms with E-state index in [9.17, 15) is 18.0 Å². The van der Waals surface area contributed by atoms with Crippen molar-refractivity contribution in [3.05, 3.63) is 88.8 Å². The first kappa shape index (κ1) is 21.5. The Morgan fingerprint density at radius 3 is 2.46 bits per heavy atom. The Labute approximate surface area is 198 Å². The summed E-state index contributed by atoms with van der Waals surface area (Å²) in [5.41, 5.74) is 12.5. The van der Waals surface area contributed by atoms with Crippen LogP contribution in [0.25, 0.3) is 27.7 Å². The minimum absolute atomic E-state index is 0.202. The average molecular weight is 474 g/mol. The lowest BCUT2D eigenvalue weighted by Crippen LogP contribution is -2.08. The molecule has 1 saturated carbocycles. The summed E-state index contributed by atoms with van der Waals surface area (Å²) < 4.78 is 44.6. The van der Waals surface area contributed by atoms with Crippen LogP contribution in [0.15, 0.2) is 48.7 Å². The third-order valence-electron chi connectivity index (χ3n) is 6.93. The molecule has 2 N–H and O–H groups in total. The minimum atomic E-state index is -1.60. The number of nitrogens with zero attached hydrogens (tertiary/aromatic N) is 3. The molecule has 6 rings (SSSR count). The van der Waals surface area contributed by atoms with Crippen molar-refractivity contribution >= 4 is 28.0 Å². The molecule has 0 amide bonds. The lowest BCUT2D eigenvalue weighted by molar-refractivity contribution is 0.103. The van der Waals surface area contributed by atoms with E-state index in [1.54, 1.807) is 28.8 Å². The maximum absolute atomic E-state index is 13.8. The maximum Gasteiger partial charge on any atom is 0.209 e. The van der Waals surface area contributed by atoms with Gasteiger partial charge >= 0.3 is 0 Å². The van der Waals surface area contributed by atoms with Gasteiger partial charge in [-0.25, -0.2) is 18.2 Å². The molecule has 2 aromatic carbocycles. The number of aromatic nitrogens is 3. The number of halogens is 3. The van der Waals surface area contributed by atoms with Gasteiger partial charge in [-0.1, -0.05) is 6.07 Å². The summed E-state index contributed by atoms with van der Waals surface area (Å²) in [6.45, 7) is 1.93. The van der Waals surface area contributed by atoms with Gasteiger partial charge in [-0.3, -0.25) is 4.79 Å². The predicted molar refractivity (Wildman–Crippen MR) is 128 cm³/mol. The smallest absolute Gasteiger partial charge is 0.209 e. The van der Waals surface area contributed by atoms with Crippen LogP contribution in [0.1, 0.15) is 46.2 Å². The highest BCUT2D eigenvalue weighted by molar-refractivity contribution is 6.09. The van der Waals surface area contributed by atoms with Crippen LogP contribution in [0.5, 0.6) is 0 Å². The molecule has 1 fully saturated rings. The zero-order chi connectivity index (χ0) is 24.6. The number of carbonyl (C=O) groups excluding carboxylic acids is 1. The number of hydrogen-bond donors (Lipinski definition) is 1. The molecule has 8 heteroatoms. The summed E-state index contributed by atoms with van der Waals surface area (Å²) in [6.07, 6.45) is 3.85. The molecule has 1 aliphatic rings. The number of fused-ring (bicyclic) bond motifs is 2. The topological polar surface area (TPSA) is 65.3 Å². The number of carbonyl (C=O) groups is 1. The number of benzene rings is 2. The molecular formula is C27H21F3N4O. The van der Waals surface area contributed by atoms with Gasteiger partial charge in [0.25, 0.3) is 0 Å². The number of pyridine rings is 1. The van der Waals surface area contributed by atoms with Gasteiger partial charge in [0.2, 0.25) is 5.78 Å². The highest BCUT2D eigenvalue weighted by atomic mass is 19.2. The molecule has 0 atom stereocenters. The van der Waals surface area contributed by atoms with Crippen molar-refractivity contribution in [2.24, 2.45) is 7.05 Å². The molecule has 0 radical (unpaired) electrons. The van der Waals surface area contributed by atoms with Gasteiger partial charge in [0.15, 0.2) is 17.5 Å². The van der Waals surface area contributed by atoms with E-state index in [0.29, 0.717) is 23.7 Å². The summed E-state index contributed by atoms with van der Waals surface area (Å²) in [6, 6.07) is 10.7. The Morgan fingerprint density at radius 2 is 1.77 bits per heavy atom. The number of ketones is 1. The molecule has 176 valence electrons. The van der Waals surface area contributed by atoms with E-state index in [1.165, 1.54) is 0 Å². The molecule has 5 aromatic rings. The second-order valence-corrected chi connectivity index (χ2v) is 9.09. The van der Waals surface area contributed by atoms with Gasteiger partial charge in [0.05, 0.1) is 22.4 Å². The Hall–Kier alpha value is -4.07. The summed E-state index contributed by atoms with van der Waals surface area (Å²) in [5.74, 6) is -3.78. The molecule has 0 saturated heterocycles. The van der Waals surface area contributed by atoms with Gasteiger partial charge in [-0.2, -0.15) is 0 Å². The van der Waals surface area contributed by atoms with Crippen LogP contribution in [0.4, 0.5) is 18.9 Å². The predicted octanol–water partition coefficient (Wildman–Crippen LogP) is 5.91. The van der Waals surface area contributed by atoms with Gasteiger partial charge in [0, 0.05) is 29.9 Å². The van der Waals surface area contributed by atoms with Crippen molar-refractivity contribution in [2.75, 3.05) is 5.73 Å². The number of anilines is 1. The number of rotatable bonds is 4. The Bertz CT molecular complexity index is 1670. The fourth-order valence-electron chi connectivity index (χ4n) is 4.87. The van der Waals surface area contributed by atoms with Crippen LogP contribution in [0.3, 0.4) is 0 Å². The zero-order valence-corrected chi connectivity index (χ0v) is 19.1. The number of imidazole rings is 1. The first-order valence-electron chi connectivity index (χ1n) is 11.3. The van der Waals surface area contributed by atoms with Gasteiger partial charge < -0.3 is 14.7 Å². The summed E-state index contributed by atoms with van der Waals surface area (Å²) in [7, 11) is 1.97. The van der Waals surface area contributed by atoms with Crippen LogP contribution in [0, 0.1) is 24.4 Å². The Morgan fingerprint density at radius 1 is 1.06 bits per heavy atom. The third-order valence-corrected chi connectivity index (χ3v) is 6.93. The first-order valence-corrected chi connectivity index (χ1v) is 11.3. The summed E-state index contributed by atoms with van der Waals surface area (Å²) in [5, 5.41) is 0. The molecule has 35 heavy (non-hydrogen) atoms. The van der Waals surface area contributed by atoms with Crippen molar-refractivity contribution in [3.8, 4) is 11.1 Å². The quantitative estimate of drug-likeness (QED) is 0.200. The van der Waals surface area contributed by atoms with Crippen LogP contribution >= 0.6 is 0 Å². The number of nitrogen functional groups attached to an aromatic ring is 1. The van der Waals surface area contributed by atoms with E-state index in [2.05, 4.69) is 11.1 Å².